The van der Waals surface area contributed by atoms with Crippen LogP contribution >= 0.6 is 0 Å². The lowest BCUT2D eigenvalue weighted by atomic mass is 10.2. The fraction of sp³-hybridized carbons (Fsp3) is 0.462. The molecule has 2 N–H and O–H groups in total. The molecule has 0 radical (unpaired) electrons. The van der Waals surface area contributed by atoms with Crippen molar-refractivity contribution in [3.63, 3.8) is 0 Å². The van der Waals surface area contributed by atoms with Gasteiger partial charge in [-0.3, -0.25) is 0 Å². The van der Waals surface area contributed by atoms with E-state index in [1.54, 1.807) is 32.0 Å². The lowest BCUT2D eigenvalue weighted by molar-refractivity contribution is -0.142. The molecule has 0 saturated heterocycles. The molecule has 1 aromatic heterocycles. The number of hydrogen-bond acceptors (Lipinski definition) is 2. The molecule has 0 bridgehead atoms. The van der Waals surface area contributed by atoms with Gasteiger partial charge in [-0.15, -0.1) is 0 Å². The number of alkyl halides is 4. The van der Waals surface area contributed by atoms with Gasteiger partial charge in [0, 0.05) is 12.6 Å². The summed E-state index contributed by atoms with van der Waals surface area (Å²) in [6.07, 6.45) is -3.80. The van der Waals surface area contributed by atoms with Crippen LogP contribution in [0.2, 0.25) is 0 Å². The van der Waals surface area contributed by atoms with Crippen molar-refractivity contribution in [2.24, 2.45) is 5.73 Å². The van der Waals surface area contributed by atoms with Crippen molar-refractivity contribution in [3.8, 4) is 0 Å². The summed E-state index contributed by atoms with van der Waals surface area (Å²) in [7, 11) is 0. The Morgan fingerprint density at radius 3 is 2.45 bits per heavy atom. The molecule has 110 valence electrons. The van der Waals surface area contributed by atoms with E-state index in [0.29, 0.717) is 11.1 Å². The van der Waals surface area contributed by atoms with Crippen molar-refractivity contribution in [1.82, 2.24) is 9.55 Å². The van der Waals surface area contributed by atoms with E-state index in [2.05, 4.69) is 4.98 Å². The van der Waals surface area contributed by atoms with Gasteiger partial charge in [0.2, 0.25) is 0 Å². The van der Waals surface area contributed by atoms with Crippen LogP contribution in [0.25, 0.3) is 11.0 Å². The number of benzene rings is 1. The minimum atomic E-state index is -4.29. The summed E-state index contributed by atoms with van der Waals surface area (Å²) in [5.74, 6) is -5.20. The Labute approximate surface area is 113 Å². The largest absolute Gasteiger partial charge is 0.364 e. The van der Waals surface area contributed by atoms with E-state index in [1.807, 2.05) is 0 Å². The van der Waals surface area contributed by atoms with E-state index in [1.165, 1.54) is 0 Å². The molecule has 0 aliphatic carbocycles. The third-order valence-electron chi connectivity index (χ3n) is 3.08. The van der Waals surface area contributed by atoms with Gasteiger partial charge in [0.15, 0.2) is 5.82 Å². The molecule has 0 unspecified atom stereocenters. The SMILES string of the molecule is CC(C)n1c(C(F)(F)C(F)F)nc2cc(CN)ccc21. The van der Waals surface area contributed by atoms with Gasteiger partial charge in [-0.25, -0.2) is 13.8 Å². The molecule has 20 heavy (non-hydrogen) atoms. The Bertz CT molecular complexity index is 619. The number of imidazole rings is 1. The zero-order valence-electron chi connectivity index (χ0n) is 11.1. The van der Waals surface area contributed by atoms with Crippen molar-refractivity contribution >= 4 is 11.0 Å². The van der Waals surface area contributed by atoms with Crippen LogP contribution in [0.4, 0.5) is 17.6 Å². The van der Waals surface area contributed by atoms with Crippen LogP contribution in [0.5, 0.6) is 0 Å². The molecule has 0 spiro atoms. The van der Waals surface area contributed by atoms with Crippen LogP contribution in [-0.4, -0.2) is 16.0 Å². The van der Waals surface area contributed by atoms with Gasteiger partial charge in [0.25, 0.3) is 0 Å². The first kappa shape index (κ1) is 14.8. The van der Waals surface area contributed by atoms with Crippen LogP contribution in [0.15, 0.2) is 18.2 Å². The van der Waals surface area contributed by atoms with Crippen LogP contribution < -0.4 is 5.73 Å². The minimum absolute atomic E-state index is 0.227. The first-order chi connectivity index (χ1) is 9.28. The van der Waals surface area contributed by atoms with Crippen LogP contribution in [0.3, 0.4) is 0 Å². The molecule has 2 rings (SSSR count). The second kappa shape index (κ2) is 5.05. The summed E-state index contributed by atoms with van der Waals surface area (Å²) in [4.78, 5) is 3.71. The molecule has 0 aliphatic rings. The monoisotopic (exact) mass is 289 g/mol. The highest BCUT2D eigenvalue weighted by Crippen LogP contribution is 2.37. The molecule has 0 atom stereocenters. The summed E-state index contributed by atoms with van der Waals surface area (Å²) in [5, 5.41) is 0. The van der Waals surface area contributed by atoms with E-state index in [9.17, 15) is 17.6 Å². The zero-order chi connectivity index (χ0) is 15.1. The number of halogens is 4. The van der Waals surface area contributed by atoms with Crippen LogP contribution in [0, 0.1) is 0 Å². The van der Waals surface area contributed by atoms with Gasteiger partial charge in [-0.2, -0.15) is 8.78 Å². The smallest absolute Gasteiger partial charge is 0.326 e. The van der Waals surface area contributed by atoms with Gasteiger partial charge in [0.1, 0.15) is 0 Å². The summed E-state index contributed by atoms with van der Waals surface area (Å²) in [6, 6.07) is 4.38. The van der Waals surface area contributed by atoms with E-state index in [4.69, 9.17) is 5.73 Å². The fourth-order valence-corrected chi connectivity index (χ4v) is 2.13. The second-order valence-electron chi connectivity index (χ2n) is 4.85. The highest BCUT2D eigenvalue weighted by molar-refractivity contribution is 5.77. The van der Waals surface area contributed by atoms with Crippen LogP contribution in [-0.2, 0) is 12.5 Å². The first-order valence-electron chi connectivity index (χ1n) is 6.16. The molecule has 0 amide bonds. The van der Waals surface area contributed by atoms with Crippen LogP contribution in [0.1, 0.15) is 31.3 Å². The Balaban J connectivity index is 2.74. The maximum absolute atomic E-state index is 13.7. The summed E-state index contributed by atoms with van der Waals surface area (Å²) in [5.41, 5.74) is 6.83. The Morgan fingerprint density at radius 1 is 1.30 bits per heavy atom. The van der Waals surface area contributed by atoms with Gasteiger partial charge >= 0.3 is 12.3 Å². The summed E-state index contributed by atoms with van der Waals surface area (Å²) in [6.45, 7) is 3.51. The molecule has 0 fully saturated rings. The molecular weight excluding hydrogens is 274 g/mol. The number of aromatic nitrogens is 2. The molecule has 1 heterocycles. The summed E-state index contributed by atoms with van der Waals surface area (Å²) < 4.78 is 53.6. The summed E-state index contributed by atoms with van der Waals surface area (Å²) >= 11 is 0. The third kappa shape index (κ3) is 2.26. The zero-order valence-corrected chi connectivity index (χ0v) is 11.1. The van der Waals surface area contributed by atoms with Crippen molar-refractivity contribution in [3.05, 3.63) is 29.6 Å². The molecular formula is C13H15F4N3. The van der Waals surface area contributed by atoms with Gasteiger partial charge in [-0.05, 0) is 31.5 Å². The van der Waals surface area contributed by atoms with E-state index in [-0.39, 0.29) is 12.1 Å². The maximum atomic E-state index is 13.7. The Morgan fingerprint density at radius 2 is 1.95 bits per heavy atom. The van der Waals surface area contributed by atoms with E-state index < -0.39 is 24.2 Å². The normalized spacial score (nSPS) is 12.8. The van der Waals surface area contributed by atoms with E-state index in [0.717, 1.165) is 4.57 Å². The number of nitrogens with zero attached hydrogens (tertiary/aromatic N) is 2. The first-order valence-corrected chi connectivity index (χ1v) is 6.16. The number of fused-ring (bicyclic) bond motifs is 1. The van der Waals surface area contributed by atoms with Crippen molar-refractivity contribution < 1.29 is 17.6 Å². The number of hydrogen-bond donors (Lipinski definition) is 1. The average molecular weight is 289 g/mol. The lowest BCUT2D eigenvalue weighted by Crippen LogP contribution is -2.28. The molecule has 0 aliphatic heterocycles. The third-order valence-corrected chi connectivity index (χ3v) is 3.08. The van der Waals surface area contributed by atoms with E-state index >= 15 is 0 Å². The highest BCUT2D eigenvalue weighted by Gasteiger charge is 2.47. The molecule has 1 aromatic carbocycles. The number of nitrogens with two attached hydrogens (primary N) is 1. The predicted molar refractivity (Wildman–Crippen MR) is 67.9 cm³/mol. The molecule has 0 saturated carbocycles. The van der Waals surface area contributed by atoms with Gasteiger partial charge in [-0.1, -0.05) is 6.07 Å². The van der Waals surface area contributed by atoms with Crippen molar-refractivity contribution in [1.29, 1.82) is 0 Å². The van der Waals surface area contributed by atoms with Crippen molar-refractivity contribution in [2.45, 2.75) is 38.8 Å². The van der Waals surface area contributed by atoms with Gasteiger partial charge in [0.05, 0.1) is 11.0 Å². The quantitative estimate of drug-likeness (QED) is 0.876. The van der Waals surface area contributed by atoms with Crippen molar-refractivity contribution in [2.75, 3.05) is 0 Å². The standard InChI is InChI=1S/C13H15F4N3/c1-7(2)20-10-4-3-8(6-18)5-9(10)19-12(20)13(16,17)11(14)15/h3-5,7,11H,6,18H2,1-2H3. The second-order valence-corrected chi connectivity index (χ2v) is 4.85. The predicted octanol–water partition coefficient (Wildman–Crippen LogP) is 3.43. The molecule has 2 aromatic rings. The fourth-order valence-electron chi connectivity index (χ4n) is 2.13. The molecule has 3 nitrogen and oxygen atoms in total. The molecule has 7 heteroatoms. The Hall–Kier alpha value is -1.63. The topological polar surface area (TPSA) is 43.8 Å². The van der Waals surface area contributed by atoms with Gasteiger partial charge < -0.3 is 10.3 Å². The lowest BCUT2D eigenvalue weighted by Gasteiger charge is -2.19. The highest BCUT2D eigenvalue weighted by atomic mass is 19.3. The number of rotatable bonds is 4. The maximum Gasteiger partial charge on any atom is 0.364 e. The average Bonchev–Trinajstić information content (AvgIpc) is 2.77. The Kier molecular flexibility index (Phi) is 3.73. The minimum Gasteiger partial charge on any atom is -0.326 e.